The van der Waals surface area contributed by atoms with Gasteiger partial charge in [-0.1, -0.05) is 6.07 Å². The molecule has 2 aromatic heterocycles. The molecule has 0 unspecified atom stereocenters. The van der Waals surface area contributed by atoms with Crippen LogP contribution in [0.15, 0.2) is 36.7 Å². The smallest absolute Gasteiger partial charge is 0.255 e. The molecule has 0 bridgehead atoms. The Bertz CT molecular complexity index is 1320. The van der Waals surface area contributed by atoms with E-state index in [1.165, 1.54) is 13.2 Å². The Hall–Kier alpha value is -3.63. The lowest BCUT2D eigenvalue weighted by Crippen LogP contribution is -2.49. The third-order valence-corrected chi connectivity index (χ3v) is 7.50. The van der Waals surface area contributed by atoms with E-state index in [0.29, 0.717) is 54.7 Å². The zero-order valence-corrected chi connectivity index (χ0v) is 20.6. The van der Waals surface area contributed by atoms with Crippen molar-refractivity contribution in [1.29, 1.82) is 0 Å². The molecule has 0 radical (unpaired) electrons. The molecule has 10 heteroatoms. The van der Waals surface area contributed by atoms with E-state index in [9.17, 15) is 9.18 Å². The van der Waals surface area contributed by atoms with Gasteiger partial charge in [0, 0.05) is 55.7 Å². The van der Waals surface area contributed by atoms with Gasteiger partial charge in [-0.2, -0.15) is 0 Å². The first-order valence-electron chi connectivity index (χ1n) is 12.5. The Balaban J connectivity index is 1.51. The lowest BCUT2D eigenvalue weighted by molar-refractivity contribution is -0.0720. The number of nitrogens with zero attached hydrogens (tertiary/aromatic N) is 1. The summed E-state index contributed by atoms with van der Waals surface area (Å²) in [6.07, 6.45) is 5.87. The number of fused-ring (bicyclic) bond motifs is 2. The van der Waals surface area contributed by atoms with Crippen molar-refractivity contribution in [3.8, 4) is 22.8 Å². The maximum Gasteiger partial charge on any atom is 0.255 e. The molecule has 9 nitrogen and oxygen atoms in total. The number of ether oxygens (including phenoxy) is 4. The van der Waals surface area contributed by atoms with Gasteiger partial charge in [0.2, 0.25) is 0 Å². The summed E-state index contributed by atoms with van der Waals surface area (Å²) in [4.78, 5) is 21.2. The molecule has 2 fully saturated rings. The van der Waals surface area contributed by atoms with Crippen LogP contribution in [0.2, 0.25) is 0 Å². The van der Waals surface area contributed by atoms with Gasteiger partial charge in [0.1, 0.15) is 12.4 Å². The van der Waals surface area contributed by atoms with Gasteiger partial charge in [0.05, 0.1) is 42.0 Å². The molecule has 0 saturated carbocycles. The molecule has 37 heavy (non-hydrogen) atoms. The number of hydrogen-bond donors (Lipinski definition) is 3. The SMILES string of the molecule is COc1c(F)cccc1Nc1c(-c2ccncc2OC[C@@H]2CCO2)[nH]c2c1C(=O)NCC21CCOCC1. The van der Waals surface area contributed by atoms with E-state index in [2.05, 4.69) is 20.6 Å². The van der Waals surface area contributed by atoms with Crippen molar-refractivity contribution in [3.63, 3.8) is 0 Å². The second-order valence-electron chi connectivity index (χ2n) is 9.61. The zero-order valence-electron chi connectivity index (χ0n) is 20.6. The number of aromatic nitrogens is 2. The standard InChI is InChI=1S/C27H29FN4O5/c1-34-24-18(28)3-2-4-19(24)31-23-21-25(27(15-30-26(21)33)7-11-35-12-8-27)32-22(23)17-5-9-29-13-20(17)37-14-16-6-10-36-16/h2-5,9,13,16,31-32H,6-8,10-12,14-15H2,1H3,(H,30,33)/t16-/m0/s1. The highest BCUT2D eigenvalue weighted by atomic mass is 19.1. The van der Waals surface area contributed by atoms with Crippen molar-refractivity contribution in [2.45, 2.75) is 30.8 Å². The lowest BCUT2D eigenvalue weighted by atomic mass is 9.73. The number of nitrogens with one attached hydrogen (secondary N) is 3. The van der Waals surface area contributed by atoms with Gasteiger partial charge in [-0.15, -0.1) is 0 Å². The molecule has 3 aromatic rings. The number of para-hydroxylation sites is 1. The molecule has 5 heterocycles. The van der Waals surface area contributed by atoms with Crippen LogP contribution in [0, 0.1) is 5.82 Å². The van der Waals surface area contributed by atoms with E-state index in [4.69, 9.17) is 18.9 Å². The Morgan fingerprint density at radius 3 is 2.84 bits per heavy atom. The van der Waals surface area contributed by atoms with E-state index < -0.39 is 5.82 Å². The van der Waals surface area contributed by atoms with Crippen molar-refractivity contribution < 1.29 is 28.1 Å². The molecule has 6 rings (SSSR count). The molecule has 3 N–H and O–H groups in total. The number of H-pyrrole nitrogens is 1. The summed E-state index contributed by atoms with van der Waals surface area (Å²) in [5.41, 5.74) is 3.37. The number of rotatable bonds is 7. The first-order chi connectivity index (χ1) is 18.1. The lowest BCUT2D eigenvalue weighted by Gasteiger charge is -2.40. The molecule has 3 aliphatic heterocycles. The maximum atomic E-state index is 14.6. The predicted octanol–water partition coefficient (Wildman–Crippen LogP) is 3.93. The van der Waals surface area contributed by atoms with E-state index in [1.54, 1.807) is 24.5 Å². The van der Waals surface area contributed by atoms with Crippen LogP contribution in [0.4, 0.5) is 15.8 Å². The minimum absolute atomic E-state index is 0.0512. The molecule has 1 atom stereocenters. The molecular formula is C27H29FN4O5. The fourth-order valence-corrected chi connectivity index (χ4v) is 5.32. The van der Waals surface area contributed by atoms with E-state index in [0.717, 1.165) is 37.1 Å². The second kappa shape index (κ2) is 9.68. The van der Waals surface area contributed by atoms with Gasteiger partial charge >= 0.3 is 0 Å². The number of anilines is 2. The number of carbonyl (C=O) groups excluding carboxylic acids is 1. The van der Waals surface area contributed by atoms with Gasteiger partial charge in [0.25, 0.3) is 5.91 Å². The van der Waals surface area contributed by atoms with Crippen molar-refractivity contribution in [2.24, 2.45) is 0 Å². The number of hydrogen-bond acceptors (Lipinski definition) is 7. The zero-order chi connectivity index (χ0) is 25.4. The van der Waals surface area contributed by atoms with Crippen LogP contribution in [-0.4, -0.2) is 62.1 Å². The van der Waals surface area contributed by atoms with Gasteiger partial charge < -0.3 is 34.6 Å². The Morgan fingerprint density at radius 1 is 1.24 bits per heavy atom. The van der Waals surface area contributed by atoms with Gasteiger partial charge in [0.15, 0.2) is 11.6 Å². The summed E-state index contributed by atoms with van der Waals surface area (Å²) >= 11 is 0. The maximum absolute atomic E-state index is 14.6. The average molecular weight is 509 g/mol. The quantitative estimate of drug-likeness (QED) is 0.444. The van der Waals surface area contributed by atoms with E-state index in [-0.39, 0.29) is 23.2 Å². The monoisotopic (exact) mass is 508 g/mol. The summed E-state index contributed by atoms with van der Waals surface area (Å²) in [6, 6.07) is 6.49. The molecule has 1 spiro atoms. The normalized spacial score (nSPS) is 20.1. The van der Waals surface area contributed by atoms with Crippen molar-refractivity contribution in [1.82, 2.24) is 15.3 Å². The van der Waals surface area contributed by atoms with Crippen molar-refractivity contribution in [3.05, 3.63) is 53.7 Å². The molecule has 3 aliphatic rings. The van der Waals surface area contributed by atoms with Crippen molar-refractivity contribution >= 4 is 17.3 Å². The van der Waals surface area contributed by atoms with E-state index >= 15 is 0 Å². The first kappa shape index (κ1) is 23.7. The van der Waals surface area contributed by atoms with Crippen LogP contribution < -0.4 is 20.1 Å². The summed E-state index contributed by atoms with van der Waals surface area (Å²) in [7, 11) is 1.41. The fraction of sp³-hybridized carbons (Fsp3) is 0.407. The second-order valence-corrected chi connectivity index (χ2v) is 9.61. The third kappa shape index (κ3) is 4.19. The fourth-order valence-electron chi connectivity index (χ4n) is 5.32. The number of benzene rings is 1. The highest BCUT2D eigenvalue weighted by molar-refractivity contribution is 6.07. The number of amides is 1. The largest absolute Gasteiger partial charge is 0.492 e. The number of carbonyl (C=O) groups is 1. The van der Waals surface area contributed by atoms with Gasteiger partial charge in [-0.25, -0.2) is 4.39 Å². The highest BCUT2D eigenvalue weighted by Crippen LogP contribution is 2.47. The summed E-state index contributed by atoms with van der Waals surface area (Å²) in [5, 5.41) is 6.40. The average Bonchev–Trinajstić information content (AvgIpc) is 3.27. The van der Waals surface area contributed by atoms with Crippen LogP contribution in [0.3, 0.4) is 0 Å². The van der Waals surface area contributed by atoms with Crippen LogP contribution in [0.1, 0.15) is 35.3 Å². The minimum Gasteiger partial charge on any atom is -0.492 e. The molecule has 2 saturated heterocycles. The Morgan fingerprint density at radius 2 is 2.08 bits per heavy atom. The number of halogens is 1. The van der Waals surface area contributed by atoms with E-state index in [1.807, 2.05) is 6.07 Å². The van der Waals surface area contributed by atoms with Crippen LogP contribution >= 0.6 is 0 Å². The molecular weight excluding hydrogens is 479 g/mol. The Labute approximate surface area is 213 Å². The molecule has 0 aliphatic carbocycles. The number of pyridine rings is 1. The highest BCUT2D eigenvalue weighted by Gasteiger charge is 2.44. The van der Waals surface area contributed by atoms with Gasteiger partial charge in [-0.3, -0.25) is 9.78 Å². The molecule has 1 aromatic carbocycles. The minimum atomic E-state index is -0.503. The van der Waals surface area contributed by atoms with Crippen molar-refractivity contribution in [2.75, 3.05) is 45.4 Å². The summed E-state index contributed by atoms with van der Waals surface area (Å²) in [6.45, 7) is 2.87. The summed E-state index contributed by atoms with van der Waals surface area (Å²) in [5.74, 6) is -0.0786. The topological polar surface area (TPSA) is 107 Å². The van der Waals surface area contributed by atoms with Gasteiger partial charge in [-0.05, 0) is 31.0 Å². The van der Waals surface area contributed by atoms with Crippen LogP contribution in [0.25, 0.3) is 11.3 Å². The molecule has 194 valence electrons. The van der Waals surface area contributed by atoms with Crippen LogP contribution in [0.5, 0.6) is 11.5 Å². The third-order valence-electron chi connectivity index (χ3n) is 7.50. The van der Waals surface area contributed by atoms with Crippen LogP contribution in [-0.2, 0) is 14.9 Å². The summed E-state index contributed by atoms with van der Waals surface area (Å²) < 4.78 is 37.2. The Kier molecular flexibility index (Phi) is 6.21. The number of aromatic amines is 1. The number of methoxy groups -OCH3 is 1. The molecule has 1 amide bonds. The predicted molar refractivity (Wildman–Crippen MR) is 134 cm³/mol. The first-order valence-corrected chi connectivity index (χ1v) is 12.5.